The molecule has 1 heterocycles. The standard InChI is InChI=1S/C10H20N5O4S.Ac/c1-18-12-15(17)13-4-6-14(7-5-13)19-10(16)9(11)3-8-20-2;/h9,11H,3-8H2,1-2H3;/q-1;/b15-12-;. The van der Waals surface area contributed by atoms with Gasteiger partial charge in [0.1, 0.15) is 7.11 Å². The van der Waals surface area contributed by atoms with Crippen LogP contribution < -0.4 is 0 Å². The average molecular weight is 533 g/mol. The molecular weight excluding hydrogens is 513 g/mol. The number of carbonyl (C=O) groups excluding carboxylic acids is 1. The van der Waals surface area contributed by atoms with Crippen molar-refractivity contribution in [1.29, 1.82) is 0 Å². The van der Waals surface area contributed by atoms with Crippen molar-refractivity contribution in [3.05, 3.63) is 10.9 Å². The van der Waals surface area contributed by atoms with Crippen LogP contribution in [0.25, 0.3) is 5.73 Å². The van der Waals surface area contributed by atoms with Crippen LogP contribution in [0.4, 0.5) is 0 Å². The third-order valence-electron chi connectivity index (χ3n) is 2.72. The Kier molecular flexibility index (Phi) is 11.8. The number of hydrogen-bond donors (Lipinski definition) is 0. The number of hydrogen-bond acceptors (Lipinski definition) is 7. The van der Waals surface area contributed by atoms with E-state index in [4.69, 9.17) is 10.6 Å². The van der Waals surface area contributed by atoms with Gasteiger partial charge in [0.15, 0.2) is 0 Å². The van der Waals surface area contributed by atoms with E-state index in [1.807, 2.05) is 6.26 Å². The number of hydroxylamine groups is 2. The molecule has 119 valence electrons. The molecule has 11 heteroatoms. The first-order valence-corrected chi connectivity index (χ1v) is 7.61. The van der Waals surface area contributed by atoms with Gasteiger partial charge in [-0.25, -0.2) is 0 Å². The molecule has 9 nitrogen and oxygen atoms in total. The Bertz CT molecular complexity index is 341. The third-order valence-corrected chi connectivity index (χ3v) is 3.37. The molecule has 0 saturated carbocycles. The number of hydrazine groups is 1. The predicted octanol–water partition coefficient (Wildman–Crippen LogP) is 0.675. The van der Waals surface area contributed by atoms with Gasteiger partial charge in [-0.15, -0.1) is 10.1 Å². The van der Waals surface area contributed by atoms with Crippen molar-refractivity contribution in [1.82, 2.24) is 10.1 Å². The van der Waals surface area contributed by atoms with Gasteiger partial charge in [0.25, 0.3) is 0 Å². The van der Waals surface area contributed by atoms with Crippen LogP contribution in [0.2, 0.25) is 0 Å². The molecule has 1 aliphatic heterocycles. The average Bonchev–Trinajstić information content (AvgIpc) is 2.45. The van der Waals surface area contributed by atoms with Crippen LogP contribution in [0.1, 0.15) is 6.42 Å². The van der Waals surface area contributed by atoms with Gasteiger partial charge in [0.05, 0.1) is 31.1 Å². The molecule has 21 heavy (non-hydrogen) atoms. The van der Waals surface area contributed by atoms with Gasteiger partial charge >= 0.3 is 5.97 Å². The Morgan fingerprint density at radius 2 is 2.10 bits per heavy atom. The first-order valence-electron chi connectivity index (χ1n) is 6.21. The fourth-order valence-electron chi connectivity index (χ4n) is 1.61. The zero-order valence-electron chi connectivity index (χ0n) is 12.2. The van der Waals surface area contributed by atoms with Crippen molar-refractivity contribution in [3.8, 4) is 0 Å². The molecule has 0 aromatic heterocycles. The second kappa shape index (κ2) is 11.7. The van der Waals surface area contributed by atoms with E-state index in [9.17, 15) is 10.0 Å². The second-order valence-corrected chi connectivity index (χ2v) is 5.13. The van der Waals surface area contributed by atoms with Crippen molar-refractivity contribution in [2.24, 2.45) is 5.28 Å². The number of nitrogens with one attached hydrogen (secondary N) is 1. The maximum absolute atomic E-state index is 11.7. The summed E-state index contributed by atoms with van der Waals surface area (Å²) in [7, 11) is 1.30. The van der Waals surface area contributed by atoms with Crippen molar-refractivity contribution in [2.75, 3.05) is 45.3 Å². The molecule has 0 bridgehead atoms. The minimum atomic E-state index is -0.861. The Hall–Kier alpha value is 0.182. The summed E-state index contributed by atoms with van der Waals surface area (Å²) in [5.41, 5.74) is 7.65. The van der Waals surface area contributed by atoms with Crippen LogP contribution in [0.3, 0.4) is 0 Å². The number of nitrogens with zero attached hydrogens (tertiary/aromatic N) is 4. The van der Waals surface area contributed by atoms with Crippen LogP contribution in [0, 0.1) is 49.3 Å². The number of thioether (sulfide) groups is 1. The van der Waals surface area contributed by atoms with E-state index >= 15 is 0 Å². The summed E-state index contributed by atoms with van der Waals surface area (Å²) in [4.78, 5) is 21.5. The summed E-state index contributed by atoms with van der Waals surface area (Å²) in [5, 5.41) is 17.5. The Morgan fingerprint density at radius 1 is 1.48 bits per heavy atom. The maximum atomic E-state index is 11.7. The van der Waals surface area contributed by atoms with Crippen LogP contribution in [0.5, 0.6) is 0 Å². The molecule has 1 saturated heterocycles. The van der Waals surface area contributed by atoms with Crippen LogP contribution >= 0.6 is 11.8 Å². The van der Waals surface area contributed by atoms with Crippen molar-refractivity contribution >= 4 is 17.7 Å². The van der Waals surface area contributed by atoms with E-state index < -0.39 is 12.0 Å². The first kappa shape index (κ1) is 21.2. The Labute approximate surface area is 164 Å². The molecule has 1 N–H and O–H groups in total. The topological polar surface area (TPSA) is 104 Å². The summed E-state index contributed by atoms with van der Waals surface area (Å²) in [5.74, 6) is 0.203. The minimum Gasteiger partial charge on any atom is -0.665 e. The summed E-state index contributed by atoms with van der Waals surface area (Å²) < 4.78 is 0. The van der Waals surface area contributed by atoms with E-state index in [1.165, 1.54) is 17.2 Å². The van der Waals surface area contributed by atoms with Crippen molar-refractivity contribution in [3.63, 3.8) is 0 Å². The van der Waals surface area contributed by atoms with E-state index in [1.54, 1.807) is 11.8 Å². The molecule has 1 aliphatic rings. The SMILES string of the molecule is CO/N=[N+](\[O-])N1CCN(OC(=O)C([NH-])CCSC)CC1.[Ac]. The molecule has 1 atom stereocenters. The van der Waals surface area contributed by atoms with Gasteiger partial charge in [-0.05, 0) is 18.1 Å². The summed E-state index contributed by atoms with van der Waals surface area (Å²) in [6, 6.07) is -0.861. The number of piperazine rings is 1. The van der Waals surface area contributed by atoms with Crippen molar-refractivity contribution < 1.29 is 63.5 Å². The van der Waals surface area contributed by atoms with E-state index in [0.29, 0.717) is 37.6 Å². The molecule has 1 radical (unpaired) electrons. The quantitative estimate of drug-likeness (QED) is 0.269. The zero-order chi connectivity index (χ0) is 15.0. The fourth-order valence-corrected chi connectivity index (χ4v) is 2.08. The normalized spacial score (nSPS) is 17.9. The summed E-state index contributed by atoms with van der Waals surface area (Å²) in [6.07, 6.45) is 2.40. The van der Waals surface area contributed by atoms with Gasteiger partial charge in [0.2, 0.25) is 5.28 Å². The summed E-state index contributed by atoms with van der Waals surface area (Å²) >= 11 is 1.59. The smallest absolute Gasteiger partial charge is 0.307 e. The minimum absolute atomic E-state index is 0. The Morgan fingerprint density at radius 3 is 2.62 bits per heavy atom. The molecule has 0 amide bonds. The summed E-state index contributed by atoms with van der Waals surface area (Å²) in [6.45, 7) is 1.52. The van der Waals surface area contributed by atoms with E-state index in [0.717, 1.165) is 5.75 Å². The molecule has 1 rings (SSSR count). The largest absolute Gasteiger partial charge is 0.665 e. The van der Waals surface area contributed by atoms with E-state index in [2.05, 4.69) is 10.1 Å². The fraction of sp³-hybridized carbons (Fsp3) is 0.900. The van der Waals surface area contributed by atoms with Gasteiger partial charge in [-0.2, -0.15) is 11.8 Å². The second-order valence-electron chi connectivity index (χ2n) is 4.14. The third kappa shape index (κ3) is 7.83. The predicted molar refractivity (Wildman–Crippen MR) is 73.4 cm³/mol. The molecule has 0 aromatic rings. The molecule has 0 aromatic carbocycles. The van der Waals surface area contributed by atoms with Crippen LogP contribution in [-0.4, -0.2) is 72.4 Å². The van der Waals surface area contributed by atoms with Crippen LogP contribution in [0.15, 0.2) is 5.28 Å². The number of carbonyl (C=O) groups is 1. The van der Waals surface area contributed by atoms with Crippen molar-refractivity contribution in [2.45, 2.75) is 12.5 Å². The molecule has 0 spiro atoms. The molecule has 1 fully saturated rings. The van der Waals surface area contributed by atoms with Crippen LogP contribution in [-0.2, 0) is 14.5 Å². The monoisotopic (exact) mass is 533 g/mol. The van der Waals surface area contributed by atoms with Gasteiger partial charge in [-0.3, -0.25) is 4.79 Å². The molecule has 1 unspecified atom stereocenters. The van der Waals surface area contributed by atoms with E-state index in [-0.39, 0.29) is 44.1 Å². The zero-order valence-corrected chi connectivity index (χ0v) is 17.8. The molecular formula is C10H20AcN5O4S-. The van der Waals surface area contributed by atoms with Gasteiger partial charge < -0.3 is 20.6 Å². The maximum Gasteiger partial charge on any atom is 0.307 e. The van der Waals surface area contributed by atoms with Gasteiger partial charge in [0, 0.05) is 44.1 Å². The molecule has 0 aliphatic carbocycles. The first-order chi connectivity index (χ1) is 9.58. The van der Waals surface area contributed by atoms with Gasteiger partial charge in [-0.1, -0.05) is 6.42 Å². The Balaban J connectivity index is 0.00000400. The number of rotatable bonds is 7.